The number of nitrogens with zero attached hydrogens (tertiary/aromatic N) is 4. The molecule has 0 bridgehead atoms. The van der Waals surface area contributed by atoms with Crippen LogP contribution in [0.3, 0.4) is 0 Å². The zero-order chi connectivity index (χ0) is 18.1. The number of carbonyl (C=O) groups excluding carboxylic acids is 1. The molecule has 6 heteroatoms. The van der Waals surface area contributed by atoms with Crippen molar-refractivity contribution in [3.05, 3.63) is 41.5 Å². The number of aldehydes is 1. The first-order chi connectivity index (χ1) is 12.7. The fourth-order valence-corrected chi connectivity index (χ4v) is 3.23. The molecule has 0 radical (unpaired) electrons. The fourth-order valence-electron chi connectivity index (χ4n) is 3.23. The molecule has 26 heavy (non-hydrogen) atoms. The summed E-state index contributed by atoms with van der Waals surface area (Å²) in [6.07, 6.45) is 8.71. The molecule has 0 saturated heterocycles. The lowest BCUT2D eigenvalue weighted by atomic mass is 9.97. The highest BCUT2D eigenvalue weighted by molar-refractivity contribution is 6.02. The van der Waals surface area contributed by atoms with Gasteiger partial charge in [0.05, 0.1) is 18.5 Å². The van der Waals surface area contributed by atoms with Gasteiger partial charge in [-0.2, -0.15) is 5.10 Å². The van der Waals surface area contributed by atoms with E-state index in [0.717, 1.165) is 40.6 Å². The summed E-state index contributed by atoms with van der Waals surface area (Å²) in [6.45, 7) is 5.79. The van der Waals surface area contributed by atoms with Crippen molar-refractivity contribution in [2.24, 2.45) is 5.92 Å². The number of fused-ring (bicyclic) bond motifs is 1. The zero-order valence-corrected chi connectivity index (χ0v) is 15.1. The Morgan fingerprint density at radius 3 is 2.85 bits per heavy atom. The lowest BCUT2D eigenvalue weighted by Gasteiger charge is -2.13. The Labute approximate surface area is 152 Å². The SMILES string of the molecule is CCn1ncc2c(-c3cncc(C)c3)c(C=O)c(COCC3CC3)nc21. The molecular formula is C20H22N4O2. The molecule has 1 saturated carbocycles. The summed E-state index contributed by atoms with van der Waals surface area (Å²) < 4.78 is 7.68. The molecule has 0 aliphatic heterocycles. The van der Waals surface area contributed by atoms with Gasteiger partial charge in [0.25, 0.3) is 0 Å². The van der Waals surface area contributed by atoms with Crippen molar-refractivity contribution in [1.82, 2.24) is 19.7 Å². The lowest BCUT2D eigenvalue weighted by molar-refractivity contribution is 0.105. The van der Waals surface area contributed by atoms with Gasteiger partial charge in [-0.15, -0.1) is 0 Å². The van der Waals surface area contributed by atoms with Crippen LogP contribution in [0.4, 0.5) is 0 Å². The van der Waals surface area contributed by atoms with E-state index in [4.69, 9.17) is 9.72 Å². The van der Waals surface area contributed by atoms with Crippen LogP contribution in [0.2, 0.25) is 0 Å². The van der Waals surface area contributed by atoms with E-state index in [2.05, 4.69) is 10.1 Å². The second kappa shape index (κ2) is 6.96. The van der Waals surface area contributed by atoms with Crippen LogP contribution in [0.5, 0.6) is 0 Å². The second-order valence-electron chi connectivity index (χ2n) is 6.87. The molecule has 3 heterocycles. The van der Waals surface area contributed by atoms with Crippen molar-refractivity contribution in [2.75, 3.05) is 6.61 Å². The fraction of sp³-hybridized carbons (Fsp3) is 0.400. The summed E-state index contributed by atoms with van der Waals surface area (Å²) in [5, 5.41) is 5.30. The van der Waals surface area contributed by atoms with Crippen LogP contribution in [0, 0.1) is 12.8 Å². The van der Waals surface area contributed by atoms with Gasteiger partial charge in [-0.1, -0.05) is 0 Å². The molecule has 1 aliphatic rings. The van der Waals surface area contributed by atoms with E-state index in [1.54, 1.807) is 18.6 Å². The first kappa shape index (κ1) is 16.8. The Hall–Kier alpha value is -2.60. The first-order valence-electron chi connectivity index (χ1n) is 9.04. The Balaban J connectivity index is 1.88. The van der Waals surface area contributed by atoms with Crippen molar-refractivity contribution >= 4 is 17.3 Å². The molecule has 1 fully saturated rings. The van der Waals surface area contributed by atoms with Gasteiger partial charge in [0.1, 0.15) is 0 Å². The van der Waals surface area contributed by atoms with Gasteiger partial charge in [-0.25, -0.2) is 9.67 Å². The van der Waals surface area contributed by atoms with Gasteiger partial charge in [0.2, 0.25) is 0 Å². The standard InChI is InChI=1S/C20H22N4O2/c1-3-24-20-16(9-22-24)19(15-6-13(2)7-21-8-15)17(10-25)18(23-20)12-26-11-14-4-5-14/h6-10,14H,3-5,11-12H2,1-2H3. The maximum absolute atomic E-state index is 12.0. The number of hydrogen-bond acceptors (Lipinski definition) is 5. The number of ether oxygens (including phenoxy) is 1. The van der Waals surface area contributed by atoms with Crippen molar-refractivity contribution in [3.63, 3.8) is 0 Å². The summed E-state index contributed by atoms with van der Waals surface area (Å²) in [4.78, 5) is 21.0. The third-order valence-corrected chi connectivity index (χ3v) is 4.77. The summed E-state index contributed by atoms with van der Waals surface area (Å²) in [7, 11) is 0. The number of aromatic nitrogens is 4. The van der Waals surface area contributed by atoms with E-state index in [1.165, 1.54) is 12.8 Å². The minimum Gasteiger partial charge on any atom is -0.375 e. The van der Waals surface area contributed by atoms with Crippen LogP contribution in [0.1, 0.15) is 41.4 Å². The third-order valence-electron chi connectivity index (χ3n) is 4.77. The van der Waals surface area contributed by atoms with Crippen LogP contribution in [-0.2, 0) is 17.9 Å². The number of rotatable bonds is 7. The highest BCUT2D eigenvalue weighted by Gasteiger charge is 2.23. The number of aryl methyl sites for hydroxylation is 2. The van der Waals surface area contributed by atoms with Gasteiger partial charge in [-0.05, 0) is 44.2 Å². The topological polar surface area (TPSA) is 69.9 Å². The van der Waals surface area contributed by atoms with Gasteiger partial charge in [0, 0.05) is 47.6 Å². The number of pyridine rings is 2. The zero-order valence-electron chi connectivity index (χ0n) is 15.1. The molecule has 0 N–H and O–H groups in total. The molecule has 6 nitrogen and oxygen atoms in total. The average Bonchev–Trinajstić information content (AvgIpc) is 3.38. The van der Waals surface area contributed by atoms with Crippen molar-refractivity contribution in [1.29, 1.82) is 0 Å². The summed E-state index contributed by atoms with van der Waals surface area (Å²) in [5.41, 5.74) is 4.79. The van der Waals surface area contributed by atoms with Crippen LogP contribution in [0.15, 0.2) is 24.7 Å². The molecule has 3 aromatic rings. The Kier molecular flexibility index (Phi) is 4.51. The van der Waals surface area contributed by atoms with E-state index < -0.39 is 0 Å². The molecular weight excluding hydrogens is 328 g/mol. The maximum Gasteiger partial charge on any atom is 0.158 e. The van der Waals surface area contributed by atoms with Gasteiger partial charge >= 0.3 is 0 Å². The highest BCUT2D eigenvalue weighted by Crippen LogP contribution is 2.33. The summed E-state index contributed by atoms with van der Waals surface area (Å²) in [6, 6.07) is 2.03. The predicted molar refractivity (Wildman–Crippen MR) is 98.9 cm³/mol. The normalized spacial score (nSPS) is 14.1. The molecule has 0 spiro atoms. The van der Waals surface area contributed by atoms with Gasteiger partial charge in [-0.3, -0.25) is 9.78 Å². The quantitative estimate of drug-likeness (QED) is 0.609. The van der Waals surface area contributed by atoms with Gasteiger partial charge in [0.15, 0.2) is 11.9 Å². The third kappa shape index (κ3) is 3.12. The van der Waals surface area contributed by atoms with Crippen LogP contribution in [0.25, 0.3) is 22.2 Å². The van der Waals surface area contributed by atoms with Crippen molar-refractivity contribution in [2.45, 2.75) is 39.8 Å². The molecule has 0 unspecified atom stereocenters. The number of hydrogen-bond donors (Lipinski definition) is 0. The predicted octanol–water partition coefficient (Wildman–Crippen LogP) is 3.56. The lowest BCUT2D eigenvalue weighted by Crippen LogP contribution is -2.07. The van der Waals surface area contributed by atoms with E-state index in [-0.39, 0.29) is 0 Å². The molecule has 0 atom stereocenters. The maximum atomic E-state index is 12.0. The van der Waals surface area contributed by atoms with E-state index in [9.17, 15) is 4.79 Å². The summed E-state index contributed by atoms with van der Waals surface area (Å²) >= 11 is 0. The molecule has 134 valence electrons. The molecule has 3 aromatic heterocycles. The van der Waals surface area contributed by atoms with Crippen LogP contribution in [-0.4, -0.2) is 32.6 Å². The van der Waals surface area contributed by atoms with Crippen LogP contribution >= 0.6 is 0 Å². The van der Waals surface area contributed by atoms with Crippen molar-refractivity contribution in [3.8, 4) is 11.1 Å². The highest BCUT2D eigenvalue weighted by atomic mass is 16.5. The van der Waals surface area contributed by atoms with E-state index in [0.29, 0.717) is 30.3 Å². The smallest absolute Gasteiger partial charge is 0.158 e. The van der Waals surface area contributed by atoms with E-state index >= 15 is 0 Å². The van der Waals surface area contributed by atoms with Crippen molar-refractivity contribution < 1.29 is 9.53 Å². The van der Waals surface area contributed by atoms with Gasteiger partial charge < -0.3 is 4.74 Å². The van der Waals surface area contributed by atoms with Crippen LogP contribution < -0.4 is 0 Å². The molecule has 0 amide bonds. The minimum atomic E-state index is 0.335. The van der Waals surface area contributed by atoms with E-state index in [1.807, 2.05) is 24.6 Å². The molecule has 4 rings (SSSR count). The minimum absolute atomic E-state index is 0.335. The first-order valence-corrected chi connectivity index (χ1v) is 9.04. The average molecular weight is 350 g/mol. The monoisotopic (exact) mass is 350 g/mol. The largest absolute Gasteiger partial charge is 0.375 e. The molecule has 1 aliphatic carbocycles. The second-order valence-corrected chi connectivity index (χ2v) is 6.87. The Morgan fingerprint density at radius 1 is 1.31 bits per heavy atom. The Morgan fingerprint density at radius 2 is 2.15 bits per heavy atom. The number of carbonyl (C=O) groups is 1. The molecule has 0 aromatic carbocycles. The Bertz CT molecular complexity index is 960. The summed E-state index contributed by atoms with van der Waals surface area (Å²) in [5.74, 6) is 0.667.